The van der Waals surface area contributed by atoms with Crippen LogP contribution in [-0.2, 0) is 0 Å². The van der Waals surface area contributed by atoms with E-state index >= 15 is 0 Å². The van der Waals surface area contributed by atoms with Crippen LogP contribution in [0.25, 0.3) is 0 Å². The Balaban J connectivity index is 2.82. The lowest BCUT2D eigenvalue weighted by Gasteiger charge is -2.15. The monoisotopic (exact) mass is 225 g/mol. The Morgan fingerprint density at radius 2 is 1.88 bits per heavy atom. The molecule has 4 N–H and O–H groups in total. The summed E-state index contributed by atoms with van der Waals surface area (Å²) in [6.45, 7) is -0.516. The largest absolute Gasteiger partial charge is 0.394 e. The lowest BCUT2D eigenvalue weighted by atomic mass is 10.0. The summed E-state index contributed by atoms with van der Waals surface area (Å²) in [5.41, 5.74) is 0.922. The molecule has 0 aliphatic heterocycles. The van der Waals surface area contributed by atoms with Crippen molar-refractivity contribution >= 4 is 5.91 Å². The molecule has 16 heavy (non-hydrogen) atoms. The third-order valence-corrected chi connectivity index (χ3v) is 2.29. The fourth-order valence-electron chi connectivity index (χ4n) is 1.30. The van der Waals surface area contributed by atoms with Crippen molar-refractivity contribution in [3.63, 3.8) is 0 Å². The van der Waals surface area contributed by atoms with Crippen LogP contribution in [0.5, 0.6) is 0 Å². The Kier molecular flexibility index (Phi) is 4.42. The fourth-order valence-corrected chi connectivity index (χ4v) is 1.30. The highest BCUT2D eigenvalue weighted by Crippen LogP contribution is 2.17. The van der Waals surface area contributed by atoms with Gasteiger partial charge in [-0.15, -0.1) is 0 Å². The van der Waals surface area contributed by atoms with Crippen molar-refractivity contribution in [2.45, 2.75) is 12.2 Å². The molecule has 2 atom stereocenters. The Hall–Kier alpha value is -1.43. The first-order valence-electron chi connectivity index (χ1n) is 4.89. The smallest absolute Gasteiger partial charge is 0.251 e. The van der Waals surface area contributed by atoms with Crippen LogP contribution in [0.2, 0.25) is 0 Å². The molecule has 1 amide bonds. The molecule has 0 saturated heterocycles. The average Bonchev–Trinajstić information content (AvgIpc) is 2.36. The molecule has 0 fully saturated rings. The van der Waals surface area contributed by atoms with E-state index in [2.05, 4.69) is 5.32 Å². The Labute approximate surface area is 93.4 Å². The van der Waals surface area contributed by atoms with Crippen molar-refractivity contribution in [3.8, 4) is 0 Å². The molecule has 0 spiro atoms. The molecule has 0 radical (unpaired) electrons. The van der Waals surface area contributed by atoms with E-state index in [1.54, 1.807) is 12.1 Å². The predicted molar refractivity (Wildman–Crippen MR) is 57.9 cm³/mol. The number of nitrogens with one attached hydrogen (secondary N) is 1. The van der Waals surface area contributed by atoms with Gasteiger partial charge in [0.1, 0.15) is 12.2 Å². The van der Waals surface area contributed by atoms with Crippen LogP contribution >= 0.6 is 0 Å². The predicted octanol–water partition coefficient (Wildman–Crippen LogP) is -0.567. The van der Waals surface area contributed by atoms with E-state index in [0.717, 1.165) is 0 Å². The molecule has 0 aliphatic carbocycles. The van der Waals surface area contributed by atoms with Crippen LogP contribution in [0.15, 0.2) is 24.3 Å². The van der Waals surface area contributed by atoms with Crippen molar-refractivity contribution < 1.29 is 20.1 Å². The van der Waals surface area contributed by atoms with E-state index in [-0.39, 0.29) is 5.91 Å². The molecule has 5 heteroatoms. The second kappa shape index (κ2) is 5.60. The first-order chi connectivity index (χ1) is 7.60. The maximum absolute atomic E-state index is 11.2. The molecule has 1 aromatic rings. The molecule has 0 aliphatic rings. The van der Waals surface area contributed by atoms with Crippen LogP contribution in [0.4, 0.5) is 0 Å². The van der Waals surface area contributed by atoms with Gasteiger partial charge in [-0.05, 0) is 17.7 Å². The minimum absolute atomic E-state index is 0.219. The average molecular weight is 225 g/mol. The molecule has 0 aromatic heterocycles. The van der Waals surface area contributed by atoms with Gasteiger partial charge in [0.2, 0.25) is 0 Å². The van der Waals surface area contributed by atoms with Gasteiger partial charge < -0.3 is 20.6 Å². The van der Waals surface area contributed by atoms with Gasteiger partial charge in [0.05, 0.1) is 6.61 Å². The molecular formula is C11H15NO4. The van der Waals surface area contributed by atoms with E-state index in [0.29, 0.717) is 11.1 Å². The van der Waals surface area contributed by atoms with Crippen LogP contribution in [0.1, 0.15) is 22.0 Å². The quantitative estimate of drug-likeness (QED) is 0.552. The van der Waals surface area contributed by atoms with Crippen LogP contribution < -0.4 is 5.32 Å². The standard InChI is InChI=1S/C11H15NO4/c1-12-11(16)8-4-2-7(3-5-8)10(15)9(14)6-13/h2-5,9-10,13-15H,6H2,1H3,(H,12,16). The first-order valence-corrected chi connectivity index (χ1v) is 4.89. The lowest BCUT2D eigenvalue weighted by molar-refractivity contribution is -0.0152. The van der Waals surface area contributed by atoms with Crippen molar-refractivity contribution in [3.05, 3.63) is 35.4 Å². The van der Waals surface area contributed by atoms with Crippen molar-refractivity contribution in [1.29, 1.82) is 0 Å². The molecule has 88 valence electrons. The summed E-state index contributed by atoms with van der Waals surface area (Å²) in [6, 6.07) is 6.16. The van der Waals surface area contributed by atoms with Gasteiger partial charge in [0, 0.05) is 12.6 Å². The topological polar surface area (TPSA) is 89.8 Å². The van der Waals surface area contributed by atoms with Gasteiger partial charge in [0.25, 0.3) is 5.91 Å². The van der Waals surface area contributed by atoms with Gasteiger partial charge >= 0.3 is 0 Å². The Morgan fingerprint density at radius 1 is 1.31 bits per heavy atom. The Bertz CT molecular complexity index is 350. The van der Waals surface area contributed by atoms with Gasteiger partial charge in [-0.25, -0.2) is 0 Å². The van der Waals surface area contributed by atoms with Crippen LogP contribution in [0.3, 0.4) is 0 Å². The summed E-state index contributed by atoms with van der Waals surface area (Å²) < 4.78 is 0. The highest BCUT2D eigenvalue weighted by atomic mass is 16.4. The molecule has 2 unspecified atom stereocenters. The second-order valence-electron chi connectivity index (χ2n) is 3.40. The zero-order chi connectivity index (χ0) is 12.1. The van der Waals surface area contributed by atoms with Crippen LogP contribution in [-0.4, -0.2) is 41.0 Å². The van der Waals surface area contributed by atoms with Crippen molar-refractivity contribution in [2.24, 2.45) is 0 Å². The number of aliphatic hydroxyl groups excluding tert-OH is 3. The van der Waals surface area contributed by atoms with Crippen molar-refractivity contribution in [2.75, 3.05) is 13.7 Å². The zero-order valence-corrected chi connectivity index (χ0v) is 8.92. The zero-order valence-electron chi connectivity index (χ0n) is 8.92. The van der Waals surface area contributed by atoms with E-state index < -0.39 is 18.8 Å². The summed E-state index contributed by atoms with van der Waals surface area (Å²) in [4.78, 5) is 11.2. The SMILES string of the molecule is CNC(=O)c1ccc(C(O)C(O)CO)cc1. The second-order valence-corrected chi connectivity index (χ2v) is 3.40. The fraction of sp³-hybridized carbons (Fsp3) is 0.364. The van der Waals surface area contributed by atoms with Gasteiger partial charge in [-0.3, -0.25) is 4.79 Å². The highest BCUT2D eigenvalue weighted by molar-refractivity contribution is 5.93. The Morgan fingerprint density at radius 3 is 2.31 bits per heavy atom. The van der Waals surface area contributed by atoms with Crippen LogP contribution in [0, 0.1) is 0 Å². The molecule has 1 rings (SSSR count). The summed E-state index contributed by atoms with van der Waals surface area (Å²) >= 11 is 0. The molecule has 0 heterocycles. The van der Waals surface area contributed by atoms with E-state index in [1.807, 2.05) is 0 Å². The number of hydrogen-bond donors (Lipinski definition) is 4. The first kappa shape index (κ1) is 12.6. The molecule has 0 bridgehead atoms. The maximum Gasteiger partial charge on any atom is 0.251 e. The molecular weight excluding hydrogens is 210 g/mol. The molecule has 5 nitrogen and oxygen atoms in total. The van der Waals surface area contributed by atoms with E-state index in [4.69, 9.17) is 5.11 Å². The summed E-state index contributed by atoms with van der Waals surface area (Å²) in [5, 5.41) is 29.9. The van der Waals surface area contributed by atoms with Gasteiger partial charge in [-0.1, -0.05) is 12.1 Å². The number of carbonyl (C=O) groups is 1. The minimum Gasteiger partial charge on any atom is -0.394 e. The number of hydrogen-bond acceptors (Lipinski definition) is 4. The third-order valence-electron chi connectivity index (χ3n) is 2.29. The minimum atomic E-state index is -1.22. The van der Waals surface area contributed by atoms with Crippen molar-refractivity contribution in [1.82, 2.24) is 5.32 Å². The summed E-state index contributed by atoms with van der Waals surface area (Å²) in [5.74, 6) is -0.219. The number of benzene rings is 1. The number of amides is 1. The number of rotatable bonds is 4. The molecule has 0 saturated carbocycles. The van der Waals surface area contributed by atoms with Gasteiger partial charge in [-0.2, -0.15) is 0 Å². The summed E-state index contributed by atoms with van der Waals surface area (Å²) in [7, 11) is 1.53. The number of aliphatic hydroxyl groups is 3. The summed E-state index contributed by atoms with van der Waals surface area (Å²) in [6.07, 6.45) is -2.37. The normalized spacial score (nSPS) is 14.2. The maximum atomic E-state index is 11.2. The van der Waals surface area contributed by atoms with E-state index in [9.17, 15) is 15.0 Å². The molecule has 1 aromatic carbocycles. The lowest BCUT2D eigenvalue weighted by Crippen LogP contribution is -2.22. The third kappa shape index (κ3) is 2.79. The number of carbonyl (C=O) groups excluding carboxylic acids is 1. The highest BCUT2D eigenvalue weighted by Gasteiger charge is 2.17. The van der Waals surface area contributed by atoms with E-state index in [1.165, 1.54) is 19.2 Å². The van der Waals surface area contributed by atoms with Gasteiger partial charge in [0.15, 0.2) is 0 Å².